The maximum Gasteiger partial charge on any atom is 0.350 e. The number of ether oxygens (including phenoxy) is 1. The molecule has 1 aromatic rings. The Hall–Kier alpha value is -1.60. The molecule has 0 spiro atoms. The van der Waals surface area contributed by atoms with Crippen LogP contribution >= 0.6 is 22.9 Å². The molecule has 1 heterocycles. The van der Waals surface area contributed by atoms with Crippen molar-refractivity contribution >= 4 is 46.5 Å². The average Bonchev–Trinajstić information content (AvgIpc) is 2.70. The number of hydrogen-bond donors (Lipinski definition) is 2. The van der Waals surface area contributed by atoms with Crippen molar-refractivity contribution in [3.63, 3.8) is 0 Å². The lowest BCUT2D eigenvalue weighted by Crippen LogP contribution is -2.35. The quantitative estimate of drug-likeness (QED) is 0.656. The summed E-state index contributed by atoms with van der Waals surface area (Å²) in [5.41, 5.74) is 1.03. The van der Waals surface area contributed by atoms with E-state index in [-0.39, 0.29) is 10.8 Å². The Morgan fingerprint density at radius 1 is 1.44 bits per heavy atom. The molecule has 0 atom stereocenters. The van der Waals surface area contributed by atoms with Crippen LogP contribution in [-0.2, 0) is 9.53 Å². The molecule has 0 aliphatic rings. The maximum absolute atomic E-state index is 11.4. The zero-order valence-electron chi connectivity index (χ0n) is 9.70. The van der Waals surface area contributed by atoms with Gasteiger partial charge in [0.25, 0.3) is 0 Å². The van der Waals surface area contributed by atoms with Crippen LogP contribution in [0.25, 0.3) is 0 Å². The van der Waals surface area contributed by atoms with Crippen molar-refractivity contribution in [1.82, 2.24) is 5.32 Å². The van der Waals surface area contributed by atoms with E-state index in [1.165, 1.54) is 7.11 Å². The van der Waals surface area contributed by atoms with Gasteiger partial charge in [0.05, 0.1) is 12.8 Å². The number of methoxy groups -OCH3 is 1. The molecule has 2 N–H and O–H groups in total. The van der Waals surface area contributed by atoms with E-state index in [0.717, 1.165) is 11.3 Å². The van der Waals surface area contributed by atoms with Gasteiger partial charge in [0.2, 0.25) is 5.91 Å². The van der Waals surface area contributed by atoms with E-state index >= 15 is 0 Å². The lowest BCUT2D eigenvalue weighted by molar-refractivity contribution is -0.117. The van der Waals surface area contributed by atoms with Crippen LogP contribution in [0.1, 0.15) is 15.2 Å². The molecule has 6 nitrogen and oxygen atoms in total. The summed E-state index contributed by atoms with van der Waals surface area (Å²) in [5.74, 6) is -1.49. The molecule has 0 saturated heterocycles. The minimum Gasteiger partial charge on any atom is -0.465 e. The summed E-state index contributed by atoms with van der Waals surface area (Å²) in [6.07, 6.45) is 0. The van der Waals surface area contributed by atoms with Crippen molar-refractivity contribution in [2.45, 2.75) is 6.92 Å². The second-order valence-electron chi connectivity index (χ2n) is 3.25. The lowest BCUT2D eigenvalue weighted by Gasteiger charge is -2.07. The van der Waals surface area contributed by atoms with Crippen LogP contribution in [0, 0.1) is 6.92 Å². The molecule has 0 aliphatic carbocycles. The number of rotatable bonds is 3. The topological polar surface area (TPSA) is 84.5 Å². The van der Waals surface area contributed by atoms with Crippen LogP contribution in [-0.4, -0.2) is 30.9 Å². The van der Waals surface area contributed by atoms with Crippen LogP contribution in [0.3, 0.4) is 0 Å². The summed E-state index contributed by atoms with van der Waals surface area (Å²) in [4.78, 5) is 34.1. The Morgan fingerprint density at radius 3 is 2.67 bits per heavy atom. The van der Waals surface area contributed by atoms with E-state index < -0.39 is 17.9 Å². The summed E-state index contributed by atoms with van der Waals surface area (Å²) in [7, 11) is 1.25. The number of halogens is 1. The molecular weight excluding hydrogens is 280 g/mol. The van der Waals surface area contributed by atoms with Crippen LogP contribution in [0.2, 0.25) is 0 Å². The fraction of sp³-hybridized carbons (Fsp3) is 0.300. The van der Waals surface area contributed by atoms with E-state index in [9.17, 15) is 14.4 Å². The molecular formula is C10H11ClN2O4S. The molecule has 1 rings (SSSR count). The number of anilines is 1. The van der Waals surface area contributed by atoms with Gasteiger partial charge in [-0.15, -0.1) is 22.9 Å². The van der Waals surface area contributed by atoms with E-state index in [1.54, 1.807) is 12.3 Å². The van der Waals surface area contributed by atoms with Crippen molar-refractivity contribution in [3.05, 3.63) is 15.8 Å². The van der Waals surface area contributed by atoms with Gasteiger partial charge in [-0.1, -0.05) is 0 Å². The van der Waals surface area contributed by atoms with E-state index in [0.29, 0.717) is 11.3 Å². The first-order valence-corrected chi connectivity index (χ1v) is 6.24. The van der Waals surface area contributed by atoms with Crippen LogP contribution < -0.4 is 10.6 Å². The second-order valence-corrected chi connectivity index (χ2v) is 4.40. The number of carbonyl (C=O) groups is 3. The highest BCUT2D eigenvalue weighted by atomic mass is 35.5. The standard InChI is InChI=1S/C10H11ClN2O4S/c1-5-4-18-8(9(15)17-2)7(5)13-10(16)12-6(14)3-11/h4H,3H2,1-2H3,(H2,12,13,14,16). The minimum atomic E-state index is -0.743. The van der Waals surface area contributed by atoms with E-state index in [4.69, 9.17) is 11.6 Å². The fourth-order valence-electron chi connectivity index (χ4n) is 1.15. The van der Waals surface area contributed by atoms with Crippen molar-refractivity contribution in [2.24, 2.45) is 0 Å². The molecule has 0 bridgehead atoms. The number of thiophene rings is 1. The fourth-order valence-corrected chi connectivity index (χ4v) is 2.14. The molecule has 0 aliphatic heterocycles. The number of amides is 3. The summed E-state index contributed by atoms with van der Waals surface area (Å²) >= 11 is 6.40. The first-order chi connectivity index (χ1) is 8.49. The number of aryl methyl sites for hydroxylation is 1. The Balaban J connectivity index is 2.84. The van der Waals surface area contributed by atoms with Gasteiger partial charge in [0, 0.05) is 0 Å². The molecule has 98 valence electrons. The first kappa shape index (κ1) is 14.5. The third-order valence-electron chi connectivity index (χ3n) is 1.96. The van der Waals surface area contributed by atoms with Gasteiger partial charge in [0.1, 0.15) is 10.8 Å². The highest BCUT2D eigenvalue weighted by Gasteiger charge is 2.19. The average molecular weight is 291 g/mol. The molecule has 0 fully saturated rings. The van der Waals surface area contributed by atoms with E-state index in [2.05, 4.69) is 10.1 Å². The summed E-state index contributed by atoms with van der Waals surface area (Å²) in [6, 6.07) is -0.743. The highest BCUT2D eigenvalue weighted by molar-refractivity contribution is 7.12. The molecule has 0 saturated carbocycles. The first-order valence-electron chi connectivity index (χ1n) is 4.82. The monoisotopic (exact) mass is 290 g/mol. The van der Waals surface area contributed by atoms with Gasteiger partial charge in [-0.2, -0.15) is 0 Å². The molecule has 3 amide bonds. The zero-order chi connectivity index (χ0) is 13.7. The number of carbonyl (C=O) groups excluding carboxylic acids is 3. The number of urea groups is 1. The van der Waals surface area contributed by atoms with E-state index in [1.807, 2.05) is 5.32 Å². The number of hydrogen-bond acceptors (Lipinski definition) is 5. The third kappa shape index (κ3) is 3.44. The molecule has 0 aromatic carbocycles. The normalized spacial score (nSPS) is 9.72. The molecule has 0 unspecified atom stereocenters. The predicted molar refractivity (Wildman–Crippen MR) is 68.3 cm³/mol. The number of nitrogens with one attached hydrogen (secondary N) is 2. The largest absolute Gasteiger partial charge is 0.465 e. The van der Waals surface area contributed by atoms with Gasteiger partial charge >= 0.3 is 12.0 Å². The van der Waals surface area contributed by atoms with Crippen LogP contribution in [0.15, 0.2) is 5.38 Å². The SMILES string of the molecule is COC(=O)c1scc(C)c1NC(=O)NC(=O)CCl. The van der Waals surface area contributed by atoms with Gasteiger partial charge in [-0.05, 0) is 17.9 Å². The Morgan fingerprint density at radius 2 is 2.11 bits per heavy atom. The van der Waals surface area contributed by atoms with Crippen molar-refractivity contribution in [2.75, 3.05) is 18.3 Å². The molecule has 8 heteroatoms. The summed E-state index contributed by atoms with van der Waals surface area (Å²) < 4.78 is 4.59. The van der Waals surface area contributed by atoms with Gasteiger partial charge in [-0.25, -0.2) is 9.59 Å². The Kier molecular flexibility index (Phi) is 5.11. The summed E-state index contributed by atoms with van der Waals surface area (Å²) in [6.45, 7) is 1.72. The van der Waals surface area contributed by atoms with Gasteiger partial charge in [-0.3, -0.25) is 10.1 Å². The molecule has 0 radical (unpaired) electrons. The minimum absolute atomic E-state index is 0.267. The van der Waals surface area contributed by atoms with Crippen LogP contribution in [0.5, 0.6) is 0 Å². The van der Waals surface area contributed by atoms with Crippen molar-refractivity contribution in [1.29, 1.82) is 0 Å². The Labute approximate surface area is 112 Å². The predicted octanol–water partition coefficient (Wildman–Crippen LogP) is 1.73. The summed E-state index contributed by atoms with van der Waals surface area (Å²) in [5, 5.41) is 6.13. The molecule has 1 aromatic heterocycles. The number of alkyl halides is 1. The van der Waals surface area contributed by atoms with Crippen LogP contribution in [0.4, 0.5) is 10.5 Å². The zero-order valence-corrected chi connectivity index (χ0v) is 11.3. The number of imide groups is 1. The lowest BCUT2D eigenvalue weighted by atomic mass is 10.2. The van der Waals surface area contributed by atoms with Crippen molar-refractivity contribution < 1.29 is 19.1 Å². The number of esters is 1. The smallest absolute Gasteiger partial charge is 0.350 e. The van der Waals surface area contributed by atoms with Gasteiger partial charge < -0.3 is 10.1 Å². The maximum atomic E-state index is 11.4. The highest BCUT2D eigenvalue weighted by Crippen LogP contribution is 2.28. The van der Waals surface area contributed by atoms with Crippen molar-refractivity contribution in [3.8, 4) is 0 Å². The van der Waals surface area contributed by atoms with Gasteiger partial charge in [0.15, 0.2) is 0 Å². The Bertz CT molecular complexity index is 486. The molecule has 18 heavy (non-hydrogen) atoms. The second kappa shape index (κ2) is 6.36. The third-order valence-corrected chi connectivity index (χ3v) is 3.28.